The van der Waals surface area contributed by atoms with Crippen molar-refractivity contribution in [1.82, 2.24) is 9.47 Å². The molecule has 0 amide bonds. The lowest BCUT2D eigenvalue weighted by atomic mass is 9.75. The van der Waals surface area contributed by atoms with Gasteiger partial charge in [-0.3, -0.25) is 0 Å². The van der Waals surface area contributed by atoms with E-state index in [0.717, 1.165) is 62.1 Å². The summed E-state index contributed by atoms with van der Waals surface area (Å²) in [5, 5.41) is 11.7. The number of aliphatic carboxylic acids is 1. The van der Waals surface area contributed by atoms with Crippen molar-refractivity contribution in [1.29, 1.82) is 0 Å². The molecule has 4 rings (SSSR count). The van der Waals surface area contributed by atoms with Crippen LogP contribution in [0, 0.1) is 19.3 Å². The molecule has 2 aliphatic rings. The normalized spacial score (nSPS) is 18.6. The number of aromatic nitrogens is 1. The number of allylic oxidation sites excluding steroid dienone is 2. The molecule has 0 radical (unpaired) electrons. The van der Waals surface area contributed by atoms with Crippen LogP contribution in [-0.2, 0) is 16.1 Å². The van der Waals surface area contributed by atoms with Gasteiger partial charge in [0, 0.05) is 42.8 Å². The lowest BCUT2D eigenvalue weighted by Crippen LogP contribution is -2.38. The van der Waals surface area contributed by atoms with Crippen molar-refractivity contribution in [2.45, 2.75) is 86.0 Å². The number of likely N-dealkylation sites (N-methyl/N-ethyl adjacent to an activating group) is 1. The zero-order chi connectivity index (χ0) is 26.6. The van der Waals surface area contributed by atoms with Crippen LogP contribution < -0.4 is 4.90 Å². The van der Waals surface area contributed by atoms with E-state index in [-0.39, 0.29) is 5.41 Å². The van der Waals surface area contributed by atoms with E-state index >= 15 is 0 Å². The van der Waals surface area contributed by atoms with Gasteiger partial charge in [0.25, 0.3) is 0 Å². The molecule has 198 valence electrons. The van der Waals surface area contributed by atoms with Crippen molar-refractivity contribution in [3.63, 3.8) is 0 Å². The van der Waals surface area contributed by atoms with Crippen molar-refractivity contribution in [2.75, 3.05) is 38.6 Å². The molecule has 0 saturated heterocycles. The molecular weight excluding hydrogens is 450 g/mol. The molecule has 1 aromatic carbocycles. The van der Waals surface area contributed by atoms with Gasteiger partial charge in [-0.25, -0.2) is 4.79 Å². The van der Waals surface area contributed by atoms with Crippen molar-refractivity contribution in [3.05, 3.63) is 34.5 Å². The number of aryl methyl sites for hydroxylation is 1. The predicted molar refractivity (Wildman–Crippen MR) is 149 cm³/mol. The fourth-order valence-corrected chi connectivity index (χ4v) is 5.88. The van der Waals surface area contributed by atoms with Crippen molar-refractivity contribution in [2.24, 2.45) is 5.41 Å². The second-order valence-electron chi connectivity index (χ2n) is 12.8. The van der Waals surface area contributed by atoms with Crippen molar-refractivity contribution in [3.8, 4) is 0 Å². The van der Waals surface area contributed by atoms with E-state index in [9.17, 15) is 9.90 Å². The van der Waals surface area contributed by atoms with Gasteiger partial charge in [-0.05, 0) is 96.2 Å². The fraction of sp³-hybridized carbons (Fsp3) is 0.633. The van der Waals surface area contributed by atoms with E-state index in [1.165, 1.54) is 27.9 Å². The summed E-state index contributed by atoms with van der Waals surface area (Å²) in [5.41, 5.74) is 7.57. The first-order chi connectivity index (χ1) is 16.7. The molecule has 2 heterocycles. The van der Waals surface area contributed by atoms with Crippen LogP contribution in [0.2, 0.25) is 0 Å². The molecular formula is C30H45N3O3. The Morgan fingerprint density at radius 1 is 1.22 bits per heavy atom. The number of carboxylic acid groups (broad SMARTS) is 1. The molecule has 6 nitrogen and oxygen atoms in total. The smallest absolute Gasteiger partial charge is 0.337 e. The number of ether oxygens (including phenoxy) is 1. The van der Waals surface area contributed by atoms with E-state index in [1.54, 1.807) is 0 Å². The van der Waals surface area contributed by atoms with Gasteiger partial charge in [0.2, 0.25) is 0 Å². The third-order valence-electron chi connectivity index (χ3n) is 7.80. The molecule has 1 aliphatic heterocycles. The van der Waals surface area contributed by atoms with Gasteiger partial charge in [0.15, 0.2) is 6.10 Å². The molecule has 1 N–H and O–H groups in total. The summed E-state index contributed by atoms with van der Waals surface area (Å²) in [6.45, 7) is 18.4. The molecule has 1 aromatic heterocycles. The second kappa shape index (κ2) is 9.53. The maximum atomic E-state index is 12.8. The molecule has 0 unspecified atom stereocenters. The highest BCUT2D eigenvalue weighted by atomic mass is 16.5. The van der Waals surface area contributed by atoms with Crippen LogP contribution in [0.15, 0.2) is 12.1 Å². The third-order valence-corrected chi connectivity index (χ3v) is 7.80. The zero-order valence-corrected chi connectivity index (χ0v) is 23.8. The van der Waals surface area contributed by atoms with E-state index in [4.69, 9.17) is 4.74 Å². The van der Waals surface area contributed by atoms with E-state index in [2.05, 4.69) is 68.3 Å². The largest absolute Gasteiger partial charge is 0.479 e. The number of nitrogens with zero attached hydrogens (tertiary/aromatic N) is 3. The van der Waals surface area contributed by atoms with Gasteiger partial charge in [-0.2, -0.15) is 0 Å². The number of benzene rings is 1. The quantitative estimate of drug-likeness (QED) is 0.497. The molecule has 2 aromatic rings. The number of carbonyl (C=O) groups is 1. The summed E-state index contributed by atoms with van der Waals surface area (Å²) in [5.74, 6) is -0.927. The molecule has 0 saturated carbocycles. The molecule has 6 heteroatoms. The lowest BCUT2D eigenvalue weighted by Gasteiger charge is -2.37. The molecule has 1 aliphatic carbocycles. The highest BCUT2D eigenvalue weighted by Crippen LogP contribution is 2.49. The third kappa shape index (κ3) is 5.08. The zero-order valence-electron chi connectivity index (χ0n) is 23.8. The summed E-state index contributed by atoms with van der Waals surface area (Å²) in [7, 11) is 4.20. The van der Waals surface area contributed by atoms with Crippen LogP contribution in [0.1, 0.15) is 82.4 Å². The van der Waals surface area contributed by atoms with Crippen LogP contribution in [0.5, 0.6) is 0 Å². The average Bonchev–Trinajstić information content (AvgIpc) is 3.09. The minimum Gasteiger partial charge on any atom is -0.479 e. The Labute approximate surface area is 216 Å². The number of carboxylic acids is 1. The Morgan fingerprint density at radius 3 is 2.47 bits per heavy atom. The van der Waals surface area contributed by atoms with E-state index < -0.39 is 17.7 Å². The Kier molecular flexibility index (Phi) is 7.08. The van der Waals surface area contributed by atoms with Gasteiger partial charge < -0.3 is 24.2 Å². The first kappa shape index (κ1) is 26.7. The summed E-state index contributed by atoms with van der Waals surface area (Å²) >= 11 is 0. The second-order valence-corrected chi connectivity index (χ2v) is 12.8. The monoisotopic (exact) mass is 495 g/mol. The molecule has 0 fully saturated rings. The predicted octanol–water partition coefficient (Wildman–Crippen LogP) is 6.17. The first-order valence-electron chi connectivity index (χ1n) is 13.4. The van der Waals surface area contributed by atoms with Crippen molar-refractivity contribution < 1.29 is 14.6 Å². The molecule has 36 heavy (non-hydrogen) atoms. The number of hydrogen-bond donors (Lipinski definition) is 1. The number of rotatable bonds is 7. The van der Waals surface area contributed by atoms with Crippen LogP contribution >= 0.6 is 0 Å². The molecule has 0 bridgehead atoms. The molecule has 0 spiro atoms. The average molecular weight is 496 g/mol. The first-order valence-corrected chi connectivity index (χ1v) is 13.4. The maximum Gasteiger partial charge on any atom is 0.337 e. The summed E-state index contributed by atoms with van der Waals surface area (Å²) < 4.78 is 8.75. The lowest BCUT2D eigenvalue weighted by molar-refractivity contribution is -0.160. The number of anilines is 1. The summed E-state index contributed by atoms with van der Waals surface area (Å²) in [6, 6.07) is 2.28. The summed E-state index contributed by atoms with van der Waals surface area (Å²) in [6.07, 6.45) is 4.37. The topological polar surface area (TPSA) is 57.9 Å². The minimum atomic E-state index is -1.03. The SMILES string of the molecule is Cc1c([C@H](OC(C)(C)C)C(=O)O)c(C2=CCC(C)(C)CC2)c2cc(C)n3c2c1N(CCN(C)C)CC3. The Hall–Kier alpha value is -2.31. The summed E-state index contributed by atoms with van der Waals surface area (Å²) in [4.78, 5) is 17.5. The van der Waals surface area contributed by atoms with Crippen LogP contribution in [0.25, 0.3) is 16.5 Å². The van der Waals surface area contributed by atoms with Gasteiger partial charge in [-0.1, -0.05) is 19.9 Å². The standard InChI is InChI=1S/C30H45N3O3/c1-19-18-22-24(21-10-12-30(6,7)13-11-21)23(27(28(34)35)36-29(3,4)5)20(2)25-26(22)33(19)17-16-32(25)15-14-31(8)9/h10,18,27H,11-17H2,1-9H3,(H,34,35)/t27-/m0/s1. The van der Waals surface area contributed by atoms with Crippen LogP contribution in [0.3, 0.4) is 0 Å². The Balaban J connectivity index is 2.05. The highest BCUT2D eigenvalue weighted by Gasteiger charge is 2.37. The minimum absolute atomic E-state index is 0.266. The van der Waals surface area contributed by atoms with E-state index in [0.29, 0.717) is 0 Å². The van der Waals surface area contributed by atoms with Crippen molar-refractivity contribution >= 4 is 28.1 Å². The Morgan fingerprint density at radius 2 is 1.92 bits per heavy atom. The maximum absolute atomic E-state index is 12.8. The van der Waals surface area contributed by atoms with Gasteiger partial charge in [-0.15, -0.1) is 0 Å². The van der Waals surface area contributed by atoms with Crippen LogP contribution in [0.4, 0.5) is 5.69 Å². The van der Waals surface area contributed by atoms with Gasteiger partial charge in [0.05, 0.1) is 16.8 Å². The van der Waals surface area contributed by atoms with E-state index in [1.807, 2.05) is 20.8 Å². The van der Waals surface area contributed by atoms with Crippen LogP contribution in [-0.4, -0.2) is 59.9 Å². The molecule has 1 atom stereocenters. The van der Waals surface area contributed by atoms with Gasteiger partial charge in [0.1, 0.15) is 0 Å². The van der Waals surface area contributed by atoms with Gasteiger partial charge >= 0.3 is 5.97 Å². The highest BCUT2D eigenvalue weighted by molar-refractivity contribution is 6.05. The Bertz CT molecular complexity index is 1200. The fourth-order valence-electron chi connectivity index (χ4n) is 5.88. The number of hydrogen-bond acceptors (Lipinski definition) is 4.